The summed E-state index contributed by atoms with van der Waals surface area (Å²) in [7, 11) is -3.90. The summed E-state index contributed by atoms with van der Waals surface area (Å²) in [6.07, 6.45) is 0. The van der Waals surface area contributed by atoms with Crippen LogP contribution in [-0.4, -0.2) is 31.3 Å². The zero-order valence-corrected chi connectivity index (χ0v) is 26.1. The van der Waals surface area contributed by atoms with Gasteiger partial charge in [-0.25, -0.2) is 18.4 Å². The number of hydrogen-bond acceptors (Lipinski definition) is 6. The Morgan fingerprint density at radius 3 is 1.93 bits per heavy atom. The second kappa shape index (κ2) is 13.6. The first-order chi connectivity index (χ1) is 20.3. The SMILES string of the molecule is NS(=O)(=O)c1ccc(NC(=O)C(Sc2cccc(NC(=O)c3c(Cl)c(Cl)c(Cl)c(Cl)c3C(=O)O)c2)c2ccccc2)cc1. The van der Waals surface area contributed by atoms with Gasteiger partial charge in [0.1, 0.15) is 5.25 Å². The van der Waals surface area contributed by atoms with Gasteiger partial charge in [-0.3, -0.25) is 9.59 Å². The van der Waals surface area contributed by atoms with Gasteiger partial charge in [-0.05, 0) is 48.0 Å². The number of carbonyl (C=O) groups is 3. The van der Waals surface area contributed by atoms with E-state index in [0.29, 0.717) is 16.1 Å². The number of amides is 2. The van der Waals surface area contributed by atoms with Crippen LogP contribution in [0.5, 0.6) is 0 Å². The molecule has 2 amide bonds. The minimum Gasteiger partial charge on any atom is -0.478 e. The van der Waals surface area contributed by atoms with Gasteiger partial charge in [0, 0.05) is 16.3 Å². The van der Waals surface area contributed by atoms with Crippen molar-refractivity contribution in [2.24, 2.45) is 5.14 Å². The van der Waals surface area contributed by atoms with Crippen LogP contribution in [0.15, 0.2) is 88.7 Å². The summed E-state index contributed by atoms with van der Waals surface area (Å²) in [5.74, 6) is -2.83. The standard InChI is InChI=1S/C28H19Cl4N3O6S2/c29-21-19(20(28(38)39)22(30)24(32)23(21)31)26(36)35-16-7-4-8-17(13-16)42-25(14-5-2-1-3-6-14)27(37)34-15-9-11-18(12-10-15)43(33,40)41/h1-13,25H,(H,34,37)(H,35,36)(H,38,39)(H2,33,40,41). The van der Waals surface area contributed by atoms with Crippen molar-refractivity contribution in [2.45, 2.75) is 15.0 Å². The smallest absolute Gasteiger partial charge is 0.338 e. The number of anilines is 2. The van der Waals surface area contributed by atoms with E-state index in [-0.39, 0.29) is 25.7 Å². The van der Waals surface area contributed by atoms with E-state index in [2.05, 4.69) is 10.6 Å². The van der Waals surface area contributed by atoms with Crippen molar-refractivity contribution in [1.29, 1.82) is 0 Å². The lowest BCUT2D eigenvalue weighted by molar-refractivity contribution is -0.115. The molecule has 9 nitrogen and oxygen atoms in total. The predicted molar refractivity (Wildman–Crippen MR) is 169 cm³/mol. The first kappa shape index (κ1) is 32.6. The molecule has 0 radical (unpaired) electrons. The topological polar surface area (TPSA) is 156 Å². The maximum atomic E-state index is 13.4. The summed E-state index contributed by atoms with van der Waals surface area (Å²) < 4.78 is 23.1. The summed E-state index contributed by atoms with van der Waals surface area (Å²) >= 11 is 25.5. The van der Waals surface area contributed by atoms with E-state index in [0.717, 1.165) is 0 Å². The summed E-state index contributed by atoms with van der Waals surface area (Å²) in [6, 6.07) is 20.8. The van der Waals surface area contributed by atoms with E-state index in [1.165, 1.54) is 36.0 Å². The lowest BCUT2D eigenvalue weighted by Gasteiger charge is -2.18. The summed E-state index contributed by atoms with van der Waals surface area (Å²) in [5, 5.41) is 18.0. The molecule has 43 heavy (non-hydrogen) atoms. The quantitative estimate of drug-likeness (QED) is 0.0808. The van der Waals surface area contributed by atoms with Gasteiger partial charge in [-0.15, -0.1) is 11.8 Å². The number of thioether (sulfide) groups is 1. The molecule has 0 saturated heterocycles. The third-order valence-electron chi connectivity index (χ3n) is 5.84. The second-order valence-corrected chi connectivity index (χ2v) is 13.0. The number of primary sulfonamides is 1. The van der Waals surface area contributed by atoms with Crippen LogP contribution in [0.25, 0.3) is 0 Å². The lowest BCUT2D eigenvalue weighted by Crippen LogP contribution is -2.19. The van der Waals surface area contributed by atoms with Crippen molar-refractivity contribution >= 4 is 97.3 Å². The Hall–Kier alpha value is -3.29. The van der Waals surface area contributed by atoms with Crippen molar-refractivity contribution in [3.05, 3.63) is 116 Å². The number of nitrogens with one attached hydrogen (secondary N) is 2. The lowest BCUT2D eigenvalue weighted by atomic mass is 10.1. The van der Waals surface area contributed by atoms with Gasteiger partial charge in [0.05, 0.1) is 36.1 Å². The zero-order valence-electron chi connectivity index (χ0n) is 21.5. The van der Waals surface area contributed by atoms with Gasteiger partial charge in [0.25, 0.3) is 5.91 Å². The van der Waals surface area contributed by atoms with Crippen molar-refractivity contribution < 1.29 is 27.9 Å². The highest BCUT2D eigenvalue weighted by Gasteiger charge is 2.29. The number of benzene rings is 4. The van der Waals surface area contributed by atoms with Crippen molar-refractivity contribution in [1.82, 2.24) is 0 Å². The number of rotatable bonds is 9. The number of aromatic carboxylic acids is 1. The Morgan fingerprint density at radius 1 is 0.744 bits per heavy atom. The predicted octanol–water partition coefficient (Wildman–Crippen LogP) is 7.37. The monoisotopic (exact) mass is 697 g/mol. The van der Waals surface area contributed by atoms with E-state index in [1.807, 2.05) is 0 Å². The number of carboxylic acids is 1. The summed E-state index contributed by atoms with van der Waals surface area (Å²) in [5.41, 5.74) is 0.203. The third-order valence-corrected chi connectivity index (χ3v) is 9.82. The second-order valence-electron chi connectivity index (χ2n) is 8.76. The van der Waals surface area contributed by atoms with Crippen LogP contribution in [0.4, 0.5) is 11.4 Å². The minimum atomic E-state index is -3.90. The molecule has 0 bridgehead atoms. The highest BCUT2D eigenvalue weighted by Crippen LogP contribution is 2.42. The molecule has 0 aliphatic rings. The highest BCUT2D eigenvalue weighted by atomic mass is 35.5. The molecule has 4 aromatic carbocycles. The van der Waals surface area contributed by atoms with Gasteiger partial charge in [-0.2, -0.15) is 0 Å². The molecule has 1 unspecified atom stereocenters. The Bertz CT molecular complexity index is 1840. The molecule has 1 atom stereocenters. The largest absolute Gasteiger partial charge is 0.478 e. The zero-order chi connectivity index (χ0) is 31.5. The first-order valence-electron chi connectivity index (χ1n) is 11.9. The van der Waals surface area contributed by atoms with Crippen LogP contribution >= 0.6 is 58.2 Å². The molecular formula is C28H19Cl4N3O6S2. The fourth-order valence-electron chi connectivity index (χ4n) is 3.86. The number of carbonyl (C=O) groups excluding carboxylic acids is 2. The number of carboxylic acid groups (broad SMARTS) is 1. The molecule has 5 N–H and O–H groups in total. The van der Waals surface area contributed by atoms with Crippen molar-refractivity contribution in [3.63, 3.8) is 0 Å². The molecule has 4 aromatic rings. The number of nitrogens with two attached hydrogens (primary N) is 1. The van der Waals surface area contributed by atoms with Gasteiger partial charge in [0.15, 0.2) is 0 Å². The summed E-state index contributed by atoms with van der Waals surface area (Å²) in [4.78, 5) is 39.0. The Kier molecular flexibility index (Phi) is 10.3. The average Bonchev–Trinajstić information content (AvgIpc) is 2.96. The molecular weight excluding hydrogens is 680 g/mol. The van der Waals surface area contributed by atoms with Gasteiger partial charge in [-0.1, -0.05) is 82.8 Å². The molecule has 0 aromatic heterocycles. The normalized spacial score (nSPS) is 11.9. The van der Waals surface area contributed by atoms with E-state index in [4.69, 9.17) is 51.5 Å². The summed E-state index contributed by atoms with van der Waals surface area (Å²) in [6.45, 7) is 0. The average molecular weight is 699 g/mol. The first-order valence-corrected chi connectivity index (χ1v) is 15.9. The molecule has 4 rings (SSSR count). The Morgan fingerprint density at radius 2 is 1.35 bits per heavy atom. The maximum Gasteiger partial charge on any atom is 0.338 e. The number of halogens is 4. The number of sulfonamides is 1. The molecule has 0 aliphatic heterocycles. The van der Waals surface area contributed by atoms with Crippen LogP contribution in [-0.2, 0) is 14.8 Å². The van der Waals surface area contributed by atoms with Crippen LogP contribution in [0.3, 0.4) is 0 Å². The molecule has 222 valence electrons. The van der Waals surface area contributed by atoms with Gasteiger partial charge < -0.3 is 15.7 Å². The molecule has 15 heteroatoms. The molecule has 0 heterocycles. The van der Waals surface area contributed by atoms with E-state index in [1.54, 1.807) is 54.6 Å². The molecule has 0 spiro atoms. The van der Waals surface area contributed by atoms with Crippen LogP contribution in [0, 0.1) is 0 Å². The van der Waals surface area contributed by atoms with Crippen molar-refractivity contribution in [3.8, 4) is 0 Å². The fourth-order valence-corrected chi connectivity index (χ4v) is 6.48. The maximum absolute atomic E-state index is 13.4. The van der Waals surface area contributed by atoms with Crippen LogP contribution < -0.4 is 15.8 Å². The molecule has 0 saturated carbocycles. The minimum absolute atomic E-state index is 0.0988. The van der Waals surface area contributed by atoms with Gasteiger partial charge >= 0.3 is 5.97 Å². The highest BCUT2D eigenvalue weighted by molar-refractivity contribution is 8.00. The van der Waals surface area contributed by atoms with E-state index in [9.17, 15) is 27.9 Å². The fraction of sp³-hybridized carbons (Fsp3) is 0.0357. The third kappa shape index (κ3) is 7.63. The number of hydrogen-bond donors (Lipinski definition) is 4. The Labute approximate surface area is 270 Å². The van der Waals surface area contributed by atoms with Crippen LogP contribution in [0.1, 0.15) is 31.5 Å². The van der Waals surface area contributed by atoms with Crippen LogP contribution in [0.2, 0.25) is 20.1 Å². The Balaban J connectivity index is 1.61. The van der Waals surface area contributed by atoms with Gasteiger partial charge in [0.2, 0.25) is 15.9 Å². The van der Waals surface area contributed by atoms with E-state index < -0.39 is 49.2 Å². The van der Waals surface area contributed by atoms with Crippen molar-refractivity contribution in [2.75, 3.05) is 10.6 Å². The molecule has 0 aliphatic carbocycles. The van der Waals surface area contributed by atoms with E-state index >= 15 is 0 Å². The molecule has 0 fully saturated rings.